The minimum atomic E-state index is -3.57. The van der Waals surface area contributed by atoms with Gasteiger partial charge in [0, 0.05) is 45.0 Å². The molecule has 1 aliphatic heterocycles. The van der Waals surface area contributed by atoms with E-state index in [9.17, 15) is 22.8 Å². The highest BCUT2D eigenvalue weighted by atomic mass is 32.2. The predicted molar refractivity (Wildman–Crippen MR) is 121 cm³/mol. The molecule has 2 heterocycles. The van der Waals surface area contributed by atoms with E-state index in [1.54, 1.807) is 4.90 Å². The molecule has 2 aromatic rings. The molecule has 32 heavy (non-hydrogen) atoms. The zero-order valence-corrected chi connectivity index (χ0v) is 19.3. The number of rotatable bonds is 7. The first-order valence-corrected chi connectivity index (χ1v) is 12.0. The van der Waals surface area contributed by atoms with Crippen molar-refractivity contribution in [1.82, 2.24) is 13.8 Å². The van der Waals surface area contributed by atoms with Crippen molar-refractivity contribution in [3.8, 4) is 0 Å². The van der Waals surface area contributed by atoms with Crippen LogP contribution in [0.1, 0.15) is 47.4 Å². The zero-order valence-electron chi connectivity index (χ0n) is 18.5. The van der Waals surface area contributed by atoms with E-state index < -0.39 is 21.5 Å². The molecule has 1 N–H and O–H groups in total. The van der Waals surface area contributed by atoms with Crippen LogP contribution in [0.3, 0.4) is 0 Å². The largest absolute Gasteiger partial charge is 0.339 e. The summed E-state index contributed by atoms with van der Waals surface area (Å²) in [6.07, 6.45) is 3.12. The third kappa shape index (κ3) is 4.76. The Labute approximate surface area is 187 Å². The predicted octanol–water partition coefficient (Wildman–Crippen LogP) is 1.90. The molecule has 1 aromatic carbocycles. The monoisotopic (exact) mass is 460 g/mol. The molecule has 9 nitrogen and oxygen atoms in total. The van der Waals surface area contributed by atoms with Gasteiger partial charge in [0.2, 0.25) is 10.0 Å². The standard InChI is InChI=1S/C22H28N4O5S/c1-4-25(5-2)21(28)17-14-19(22(29)24(3)15-17)23-20(27)16-8-10-18(11-9-16)32(30,31)26-12-6-7-13-26/h8-11,14-15H,4-7,12-13H2,1-3H3,(H,23,27). The zero-order chi connectivity index (χ0) is 23.5. The van der Waals surface area contributed by atoms with Crippen molar-refractivity contribution >= 4 is 27.5 Å². The minimum absolute atomic E-state index is 0.0238. The second-order valence-corrected chi connectivity index (χ2v) is 9.56. The Morgan fingerprint density at radius 2 is 1.62 bits per heavy atom. The van der Waals surface area contributed by atoms with Gasteiger partial charge in [-0.15, -0.1) is 0 Å². The Kier molecular flexibility index (Phi) is 7.15. The fourth-order valence-corrected chi connectivity index (χ4v) is 5.18. The van der Waals surface area contributed by atoms with Crippen molar-refractivity contribution in [3.05, 3.63) is 58.0 Å². The number of nitrogens with zero attached hydrogens (tertiary/aromatic N) is 3. The van der Waals surface area contributed by atoms with Crippen LogP contribution in [-0.2, 0) is 17.1 Å². The molecule has 1 fully saturated rings. The highest BCUT2D eigenvalue weighted by Gasteiger charge is 2.27. The van der Waals surface area contributed by atoms with Crippen molar-refractivity contribution in [2.75, 3.05) is 31.5 Å². The fourth-order valence-electron chi connectivity index (χ4n) is 3.66. The maximum atomic E-state index is 12.7. The first-order chi connectivity index (χ1) is 15.2. The molecule has 0 saturated carbocycles. The van der Waals surface area contributed by atoms with Gasteiger partial charge in [0.1, 0.15) is 5.69 Å². The van der Waals surface area contributed by atoms with Gasteiger partial charge < -0.3 is 14.8 Å². The number of benzene rings is 1. The van der Waals surface area contributed by atoms with Crippen molar-refractivity contribution in [2.45, 2.75) is 31.6 Å². The van der Waals surface area contributed by atoms with Crippen molar-refractivity contribution in [3.63, 3.8) is 0 Å². The molecular formula is C22H28N4O5S. The van der Waals surface area contributed by atoms with Gasteiger partial charge >= 0.3 is 0 Å². The summed E-state index contributed by atoms with van der Waals surface area (Å²) >= 11 is 0. The molecule has 0 bridgehead atoms. The molecule has 172 valence electrons. The molecule has 3 rings (SSSR count). The summed E-state index contributed by atoms with van der Waals surface area (Å²) in [6.45, 7) is 5.76. The van der Waals surface area contributed by atoms with Crippen molar-refractivity contribution in [1.29, 1.82) is 0 Å². The summed E-state index contributed by atoms with van der Waals surface area (Å²) < 4.78 is 28.0. The number of carbonyl (C=O) groups is 2. The van der Waals surface area contributed by atoms with Gasteiger partial charge in [-0.1, -0.05) is 0 Å². The molecule has 0 radical (unpaired) electrons. The number of sulfonamides is 1. The van der Waals surface area contributed by atoms with Gasteiger partial charge in [-0.3, -0.25) is 14.4 Å². The van der Waals surface area contributed by atoms with Crippen LogP contribution in [0.4, 0.5) is 5.69 Å². The van der Waals surface area contributed by atoms with Crippen molar-refractivity contribution < 1.29 is 18.0 Å². The van der Waals surface area contributed by atoms with Crippen LogP contribution < -0.4 is 10.9 Å². The molecule has 10 heteroatoms. The molecule has 0 atom stereocenters. The fraction of sp³-hybridized carbons (Fsp3) is 0.409. The van der Waals surface area contributed by atoms with Gasteiger partial charge in [0.25, 0.3) is 17.4 Å². The summed E-state index contributed by atoms with van der Waals surface area (Å²) in [6, 6.07) is 6.97. The third-order valence-corrected chi connectivity index (χ3v) is 7.46. The van der Waals surface area contributed by atoms with Crippen LogP contribution in [0.2, 0.25) is 0 Å². The SMILES string of the molecule is CCN(CC)C(=O)c1cc(NC(=O)c2ccc(S(=O)(=O)N3CCCC3)cc2)c(=O)n(C)c1. The lowest BCUT2D eigenvalue weighted by Gasteiger charge is -2.19. The maximum absolute atomic E-state index is 12.7. The Hall–Kier alpha value is -2.98. The molecule has 1 saturated heterocycles. The normalized spacial score (nSPS) is 14.3. The lowest BCUT2D eigenvalue weighted by atomic mass is 10.2. The summed E-state index contributed by atoms with van der Waals surface area (Å²) in [5.41, 5.74) is 0.0120. The van der Waals surface area contributed by atoms with Gasteiger partial charge in [0.15, 0.2) is 0 Å². The highest BCUT2D eigenvalue weighted by molar-refractivity contribution is 7.89. The molecule has 1 aliphatic rings. The quantitative estimate of drug-likeness (QED) is 0.679. The topological polar surface area (TPSA) is 109 Å². The first kappa shape index (κ1) is 23.7. The Bertz CT molecular complexity index is 1160. The lowest BCUT2D eigenvalue weighted by molar-refractivity contribution is 0.0771. The van der Waals surface area contributed by atoms with Crippen LogP contribution in [0.5, 0.6) is 0 Å². The molecular weight excluding hydrogens is 432 g/mol. The van der Waals surface area contributed by atoms with Crippen LogP contribution in [0, 0.1) is 0 Å². The summed E-state index contributed by atoms with van der Waals surface area (Å²) in [5, 5.41) is 2.55. The number of carbonyl (C=O) groups excluding carboxylic acids is 2. The smallest absolute Gasteiger partial charge is 0.274 e. The summed E-state index contributed by atoms with van der Waals surface area (Å²) in [7, 11) is -2.07. The summed E-state index contributed by atoms with van der Waals surface area (Å²) in [4.78, 5) is 39.6. The number of pyridine rings is 1. The van der Waals surface area contributed by atoms with Gasteiger partial charge in [-0.05, 0) is 57.0 Å². The van der Waals surface area contributed by atoms with Crippen LogP contribution in [0.25, 0.3) is 0 Å². The number of hydrogen-bond acceptors (Lipinski definition) is 5. The van der Waals surface area contributed by atoms with Crippen LogP contribution in [0.15, 0.2) is 46.2 Å². The Morgan fingerprint density at radius 1 is 1.03 bits per heavy atom. The highest BCUT2D eigenvalue weighted by Crippen LogP contribution is 2.21. The average molecular weight is 461 g/mol. The van der Waals surface area contributed by atoms with Crippen LogP contribution in [-0.4, -0.2) is 60.2 Å². The first-order valence-electron chi connectivity index (χ1n) is 10.6. The second-order valence-electron chi connectivity index (χ2n) is 7.63. The Balaban J connectivity index is 1.82. The van der Waals surface area contributed by atoms with E-state index in [4.69, 9.17) is 0 Å². The second kappa shape index (κ2) is 9.66. The van der Waals surface area contributed by atoms with E-state index in [-0.39, 0.29) is 27.6 Å². The number of anilines is 1. The maximum Gasteiger partial charge on any atom is 0.274 e. The molecule has 0 unspecified atom stereocenters. The van der Waals surface area contributed by atoms with Crippen molar-refractivity contribution in [2.24, 2.45) is 7.05 Å². The number of nitrogens with one attached hydrogen (secondary N) is 1. The lowest BCUT2D eigenvalue weighted by Crippen LogP contribution is -2.32. The number of aromatic nitrogens is 1. The number of hydrogen-bond donors (Lipinski definition) is 1. The van der Waals surface area contributed by atoms with E-state index in [2.05, 4.69) is 5.32 Å². The van der Waals surface area contributed by atoms with E-state index in [1.807, 2.05) is 13.8 Å². The minimum Gasteiger partial charge on any atom is -0.339 e. The van der Waals surface area contributed by atoms with E-state index in [0.717, 1.165) is 12.8 Å². The van der Waals surface area contributed by atoms with E-state index in [0.29, 0.717) is 26.2 Å². The van der Waals surface area contributed by atoms with E-state index >= 15 is 0 Å². The molecule has 2 amide bonds. The van der Waals surface area contributed by atoms with E-state index in [1.165, 1.54) is 52.4 Å². The number of amides is 2. The number of aryl methyl sites for hydroxylation is 1. The molecule has 1 aromatic heterocycles. The summed E-state index contributed by atoms with van der Waals surface area (Å²) in [5.74, 6) is -0.808. The third-order valence-electron chi connectivity index (χ3n) is 5.55. The van der Waals surface area contributed by atoms with Gasteiger partial charge in [-0.2, -0.15) is 4.31 Å². The van der Waals surface area contributed by atoms with Crippen LogP contribution >= 0.6 is 0 Å². The molecule has 0 spiro atoms. The Morgan fingerprint density at radius 3 is 2.19 bits per heavy atom. The average Bonchev–Trinajstić information content (AvgIpc) is 3.33. The van der Waals surface area contributed by atoms with Gasteiger partial charge in [0.05, 0.1) is 10.5 Å². The molecule has 0 aliphatic carbocycles. The van der Waals surface area contributed by atoms with Gasteiger partial charge in [-0.25, -0.2) is 8.42 Å².